The molecule has 9 heteroatoms. The number of ether oxygens (including phenoxy) is 2. The van der Waals surface area contributed by atoms with E-state index in [1.807, 2.05) is 19.9 Å². The SMILES string of the molecule is CCOC(=O)[C@H](C)Oc1ccc(Br)cc1C=Nn1c(C(C)C)nc2ccc(Br)cc2c1=O. The molecule has 1 atom stereocenters. The molecule has 0 spiro atoms. The Balaban J connectivity index is 2.06. The van der Waals surface area contributed by atoms with Crippen molar-refractivity contribution in [2.45, 2.75) is 39.7 Å². The zero-order valence-electron chi connectivity index (χ0n) is 18.1. The number of hydrogen-bond donors (Lipinski definition) is 0. The molecule has 0 fully saturated rings. The fourth-order valence-corrected chi connectivity index (χ4v) is 3.74. The van der Waals surface area contributed by atoms with Crippen molar-refractivity contribution >= 4 is 54.9 Å². The van der Waals surface area contributed by atoms with Gasteiger partial charge in [0.25, 0.3) is 5.56 Å². The van der Waals surface area contributed by atoms with E-state index in [9.17, 15) is 9.59 Å². The lowest BCUT2D eigenvalue weighted by molar-refractivity contribution is -0.150. The van der Waals surface area contributed by atoms with Crippen LogP contribution in [0.1, 0.15) is 45.0 Å². The first-order chi connectivity index (χ1) is 15.2. The van der Waals surface area contributed by atoms with Crippen molar-refractivity contribution < 1.29 is 14.3 Å². The summed E-state index contributed by atoms with van der Waals surface area (Å²) in [5, 5.41) is 4.91. The number of hydrogen-bond acceptors (Lipinski definition) is 6. The molecule has 0 saturated heterocycles. The standard InChI is InChI=1S/C23H23Br2N3O4/c1-5-31-23(30)14(4)32-20-9-7-16(24)10-15(20)12-26-28-21(13(2)3)27-19-8-6-17(25)11-18(19)22(28)29/h6-14H,5H2,1-4H3/t14-/m0/s1. The van der Waals surface area contributed by atoms with E-state index < -0.39 is 12.1 Å². The minimum absolute atomic E-state index is 0.0324. The maximum atomic E-state index is 13.2. The number of esters is 1. The third-order valence-electron chi connectivity index (χ3n) is 4.56. The Morgan fingerprint density at radius 2 is 1.84 bits per heavy atom. The van der Waals surface area contributed by atoms with Gasteiger partial charge in [-0.15, -0.1) is 0 Å². The third-order valence-corrected chi connectivity index (χ3v) is 5.54. The zero-order valence-corrected chi connectivity index (χ0v) is 21.3. The summed E-state index contributed by atoms with van der Waals surface area (Å²) in [6.45, 7) is 7.53. The Bertz CT molecular complexity index is 1240. The van der Waals surface area contributed by atoms with Gasteiger partial charge < -0.3 is 9.47 Å². The number of carbonyl (C=O) groups is 1. The van der Waals surface area contributed by atoms with Crippen LogP contribution in [0, 0.1) is 0 Å². The van der Waals surface area contributed by atoms with Crippen molar-refractivity contribution in [2.75, 3.05) is 6.61 Å². The Morgan fingerprint density at radius 3 is 2.53 bits per heavy atom. The van der Waals surface area contributed by atoms with Crippen LogP contribution in [0.2, 0.25) is 0 Å². The molecule has 3 rings (SSSR count). The highest BCUT2D eigenvalue weighted by Crippen LogP contribution is 2.24. The predicted molar refractivity (Wildman–Crippen MR) is 132 cm³/mol. The van der Waals surface area contributed by atoms with Gasteiger partial charge in [-0.2, -0.15) is 9.78 Å². The molecule has 2 aromatic carbocycles. The lowest BCUT2D eigenvalue weighted by Gasteiger charge is -2.15. The van der Waals surface area contributed by atoms with Crippen LogP contribution in [0.4, 0.5) is 0 Å². The Morgan fingerprint density at radius 1 is 1.16 bits per heavy atom. The second kappa shape index (κ2) is 10.4. The van der Waals surface area contributed by atoms with Crippen LogP contribution in [0.3, 0.4) is 0 Å². The highest BCUT2D eigenvalue weighted by molar-refractivity contribution is 9.10. The highest BCUT2D eigenvalue weighted by Gasteiger charge is 2.18. The number of fused-ring (bicyclic) bond motifs is 1. The van der Waals surface area contributed by atoms with E-state index in [2.05, 4.69) is 41.9 Å². The first kappa shape index (κ1) is 24.1. The van der Waals surface area contributed by atoms with Crippen molar-refractivity contribution in [3.63, 3.8) is 0 Å². The number of aromatic nitrogens is 2. The van der Waals surface area contributed by atoms with Gasteiger partial charge in [-0.05, 0) is 50.2 Å². The molecule has 0 bridgehead atoms. The van der Waals surface area contributed by atoms with E-state index in [1.165, 1.54) is 10.9 Å². The van der Waals surface area contributed by atoms with Crippen LogP contribution in [-0.4, -0.2) is 34.6 Å². The molecule has 0 aliphatic heterocycles. The van der Waals surface area contributed by atoms with Crippen LogP contribution in [-0.2, 0) is 9.53 Å². The average Bonchev–Trinajstić information content (AvgIpc) is 2.75. The van der Waals surface area contributed by atoms with Crippen molar-refractivity contribution in [3.8, 4) is 5.75 Å². The molecule has 7 nitrogen and oxygen atoms in total. The molecule has 32 heavy (non-hydrogen) atoms. The highest BCUT2D eigenvalue weighted by atomic mass is 79.9. The monoisotopic (exact) mass is 563 g/mol. The van der Waals surface area contributed by atoms with Gasteiger partial charge in [0.15, 0.2) is 6.10 Å². The summed E-state index contributed by atoms with van der Waals surface area (Å²) in [4.78, 5) is 29.8. The van der Waals surface area contributed by atoms with E-state index in [4.69, 9.17) is 9.47 Å². The van der Waals surface area contributed by atoms with Crippen LogP contribution in [0.25, 0.3) is 10.9 Å². The molecule has 1 aromatic heterocycles. The zero-order chi connectivity index (χ0) is 23.4. The van der Waals surface area contributed by atoms with Gasteiger partial charge in [-0.25, -0.2) is 9.78 Å². The molecule has 0 N–H and O–H groups in total. The Labute approximate surface area is 202 Å². The largest absolute Gasteiger partial charge is 0.478 e. The maximum Gasteiger partial charge on any atom is 0.347 e. The average molecular weight is 565 g/mol. The quantitative estimate of drug-likeness (QED) is 0.289. The van der Waals surface area contributed by atoms with Gasteiger partial charge in [0.2, 0.25) is 0 Å². The van der Waals surface area contributed by atoms with Crippen molar-refractivity contribution in [1.29, 1.82) is 0 Å². The normalized spacial score (nSPS) is 12.5. The molecule has 0 aliphatic carbocycles. The minimum atomic E-state index is -0.795. The molecule has 0 amide bonds. The summed E-state index contributed by atoms with van der Waals surface area (Å²) in [5.41, 5.74) is 0.933. The predicted octanol–water partition coefficient (Wildman–Crippen LogP) is 5.26. The van der Waals surface area contributed by atoms with Gasteiger partial charge in [0.1, 0.15) is 11.6 Å². The Kier molecular flexibility index (Phi) is 7.84. The molecule has 0 unspecified atom stereocenters. The molecule has 0 radical (unpaired) electrons. The van der Waals surface area contributed by atoms with Crippen LogP contribution in [0.5, 0.6) is 5.75 Å². The number of rotatable bonds is 7. The molecule has 1 heterocycles. The summed E-state index contributed by atoms with van der Waals surface area (Å²) >= 11 is 6.84. The molecular formula is C23H23Br2N3O4. The first-order valence-electron chi connectivity index (χ1n) is 10.1. The Hall–Kier alpha value is -2.52. The van der Waals surface area contributed by atoms with Crippen molar-refractivity contribution in [1.82, 2.24) is 9.66 Å². The summed E-state index contributed by atoms with van der Waals surface area (Å²) in [6, 6.07) is 10.7. The lowest BCUT2D eigenvalue weighted by Crippen LogP contribution is -2.26. The molecule has 0 saturated carbocycles. The van der Waals surface area contributed by atoms with Crippen molar-refractivity contribution in [3.05, 3.63) is 67.1 Å². The van der Waals surface area contributed by atoms with E-state index in [-0.39, 0.29) is 18.1 Å². The maximum absolute atomic E-state index is 13.2. The number of nitrogens with zero attached hydrogens (tertiary/aromatic N) is 3. The molecule has 3 aromatic rings. The van der Waals surface area contributed by atoms with Gasteiger partial charge in [-0.1, -0.05) is 45.7 Å². The fourth-order valence-electron chi connectivity index (χ4n) is 3.00. The smallest absolute Gasteiger partial charge is 0.347 e. The van der Waals surface area contributed by atoms with Crippen LogP contribution >= 0.6 is 31.9 Å². The lowest BCUT2D eigenvalue weighted by atomic mass is 10.2. The van der Waals surface area contributed by atoms with Gasteiger partial charge in [0, 0.05) is 20.4 Å². The molecule has 168 valence electrons. The van der Waals surface area contributed by atoms with Gasteiger partial charge in [-0.3, -0.25) is 4.79 Å². The van der Waals surface area contributed by atoms with Gasteiger partial charge in [0.05, 0.1) is 23.7 Å². The second-order valence-electron chi connectivity index (χ2n) is 7.34. The number of halogens is 2. The van der Waals surface area contributed by atoms with E-state index in [0.717, 1.165) is 8.95 Å². The summed E-state index contributed by atoms with van der Waals surface area (Å²) in [7, 11) is 0. The van der Waals surface area contributed by atoms with E-state index >= 15 is 0 Å². The first-order valence-corrected chi connectivity index (χ1v) is 11.7. The van der Waals surface area contributed by atoms with Crippen LogP contribution in [0.15, 0.2) is 55.2 Å². The number of benzene rings is 2. The van der Waals surface area contributed by atoms with Crippen LogP contribution < -0.4 is 10.3 Å². The minimum Gasteiger partial charge on any atom is -0.478 e. The topological polar surface area (TPSA) is 82.8 Å². The molecular weight excluding hydrogens is 542 g/mol. The second-order valence-corrected chi connectivity index (χ2v) is 9.17. The van der Waals surface area contributed by atoms with Crippen molar-refractivity contribution in [2.24, 2.45) is 5.10 Å². The summed E-state index contributed by atoms with van der Waals surface area (Å²) in [5.74, 6) is 0.488. The molecule has 0 aliphatic rings. The third kappa shape index (κ3) is 5.45. The fraction of sp³-hybridized carbons (Fsp3) is 0.304. The summed E-state index contributed by atoms with van der Waals surface area (Å²) < 4.78 is 13.7. The number of carbonyl (C=O) groups excluding carboxylic acids is 1. The van der Waals surface area contributed by atoms with E-state index in [1.54, 1.807) is 44.2 Å². The summed E-state index contributed by atoms with van der Waals surface area (Å²) in [6.07, 6.45) is 0.730. The van der Waals surface area contributed by atoms with E-state index in [0.29, 0.717) is 28.0 Å². The van der Waals surface area contributed by atoms with Gasteiger partial charge >= 0.3 is 5.97 Å².